The lowest BCUT2D eigenvalue weighted by molar-refractivity contribution is -0.113. The van der Waals surface area contributed by atoms with E-state index < -0.39 is 6.61 Å². The minimum absolute atomic E-state index is 0.00504. The number of alkyl halides is 2. The molecule has 11 heteroatoms. The van der Waals surface area contributed by atoms with Crippen molar-refractivity contribution in [1.82, 2.24) is 20.2 Å². The van der Waals surface area contributed by atoms with Crippen molar-refractivity contribution in [3.8, 4) is 17.2 Å². The van der Waals surface area contributed by atoms with Gasteiger partial charge in [-0.1, -0.05) is 11.8 Å². The van der Waals surface area contributed by atoms with Crippen LogP contribution in [0.5, 0.6) is 11.5 Å². The number of hydrogen-bond acceptors (Lipinski definition) is 7. The molecule has 0 unspecified atom stereocenters. The highest BCUT2D eigenvalue weighted by Gasteiger charge is 2.12. The average Bonchev–Trinajstić information content (AvgIpc) is 3.10. The number of thioether (sulfide) groups is 1. The largest absolute Gasteiger partial charge is 0.508 e. The summed E-state index contributed by atoms with van der Waals surface area (Å²) in [6.45, 7) is -2.90. The molecule has 3 rings (SSSR count). The fourth-order valence-electron chi connectivity index (χ4n) is 2.07. The molecule has 1 heterocycles. The Morgan fingerprint density at radius 3 is 2.56 bits per heavy atom. The Hall–Kier alpha value is -3.21. The van der Waals surface area contributed by atoms with Crippen molar-refractivity contribution in [2.24, 2.45) is 0 Å². The van der Waals surface area contributed by atoms with Crippen LogP contribution >= 0.6 is 11.8 Å². The normalized spacial score (nSPS) is 10.8. The number of amides is 1. The van der Waals surface area contributed by atoms with Crippen LogP contribution in [-0.2, 0) is 4.79 Å². The summed E-state index contributed by atoms with van der Waals surface area (Å²) in [5.41, 5.74) is 1.08. The molecule has 0 radical (unpaired) electrons. The zero-order valence-corrected chi connectivity index (χ0v) is 14.4. The molecule has 0 aliphatic carbocycles. The second-order valence-corrected chi connectivity index (χ2v) is 6.07. The third-order valence-corrected chi connectivity index (χ3v) is 4.15. The molecule has 0 fully saturated rings. The summed E-state index contributed by atoms with van der Waals surface area (Å²) < 4.78 is 29.9. The first-order chi connectivity index (χ1) is 13.0. The predicted molar refractivity (Wildman–Crippen MR) is 93.2 cm³/mol. The van der Waals surface area contributed by atoms with Gasteiger partial charge in [-0.05, 0) is 59.0 Å². The van der Waals surface area contributed by atoms with Gasteiger partial charge in [-0.3, -0.25) is 4.79 Å². The number of halogens is 2. The number of aromatic hydroxyl groups is 1. The molecule has 0 saturated heterocycles. The second kappa shape index (κ2) is 8.45. The van der Waals surface area contributed by atoms with E-state index in [1.807, 2.05) is 0 Å². The molecule has 2 aromatic carbocycles. The first kappa shape index (κ1) is 18.6. The van der Waals surface area contributed by atoms with Crippen LogP contribution in [0.15, 0.2) is 53.7 Å². The van der Waals surface area contributed by atoms with E-state index >= 15 is 0 Å². The Morgan fingerprint density at radius 2 is 1.89 bits per heavy atom. The molecule has 0 spiro atoms. The summed E-state index contributed by atoms with van der Waals surface area (Å²) in [4.78, 5) is 12.1. The summed E-state index contributed by atoms with van der Waals surface area (Å²) in [6, 6.07) is 11.9. The molecule has 0 aliphatic rings. The maximum atomic E-state index is 12.1. The van der Waals surface area contributed by atoms with Crippen molar-refractivity contribution in [2.45, 2.75) is 11.8 Å². The molecular weight excluding hydrogens is 380 g/mol. The van der Waals surface area contributed by atoms with Crippen molar-refractivity contribution in [3.05, 3.63) is 48.5 Å². The molecule has 140 valence electrons. The monoisotopic (exact) mass is 393 g/mol. The van der Waals surface area contributed by atoms with Gasteiger partial charge in [-0.15, -0.1) is 5.10 Å². The number of carbonyl (C=O) groups is 1. The van der Waals surface area contributed by atoms with E-state index in [9.17, 15) is 18.7 Å². The maximum absolute atomic E-state index is 12.1. The molecule has 1 aromatic heterocycles. The van der Waals surface area contributed by atoms with E-state index in [1.165, 1.54) is 41.1 Å². The minimum atomic E-state index is -2.90. The molecule has 1 amide bonds. The molecule has 0 aliphatic heterocycles. The number of nitrogens with one attached hydrogen (secondary N) is 1. The lowest BCUT2D eigenvalue weighted by Gasteiger charge is -2.07. The zero-order chi connectivity index (χ0) is 19.2. The molecule has 3 aromatic rings. The smallest absolute Gasteiger partial charge is 0.387 e. The van der Waals surface area contributed by atoms with Crippen LogP contribution in [-0.4, -0.2) is 43.6 Å². The van der Waals surface area contributed by atoms with Gasteiger partial charge in [0.2, 0.25) is 11.1 Å². The first-order valence-electron chi connectivity index (χ1n) is 7.56. The van der Waals surface area contributed by atoms with E-state index in [4.69, 9.17) is 0 Å². The number of aromatic nitrogens is 4. The van der Waals surface area contributed by atoms with Crippen molar-refractivity contribution in [1.29, 1.82) is 0 Å². The van der Waals surface area contributed by atoms with E-state index in [0.29, 0.717) is 16.5 Å². The summed E-state index contributed by atoms with van der Waals surface area (Å²) in [5.74, 6) is -0.160. The molecule has 0 atom stereocenters. The summed E-state index contributed by atoms with van der Waals surface area (Å²) in [7, 11) is 0. The Balaban J connectivity index is 1.57. The van der Waals surface area contributed by atoms with Gasteiger partial charge in [-0.2, -0.15) is 13.5 Å². The predicted octanol–water partition coefficient (Wildman–Crippen LogP) is 2.70. The van der Waals surface area contributed by atoms with Gasteiger partial charge in [0.1, 0.15) is 11.5 Å². The molecular formula is C16H13F2N5O3S. The number of nitrogens with zero attached hydrogens (tertiary/aromatic N) is 4. The number of phenols is 1. The van der Waals surface area contributed by atoms with Gasteiger partial charge in [0.15, 0.2) is 0 Å². The van der Waals surface area contributed by atoms with Crippen molar-refractivity contribution in [3.63, 3.8) is 0 Å². The van der Waals surface area contributed by atoms with E-state index in [1.54, 1.807) is 12.1 Å². The summed E-state index contributed by atoms with van der Waals surface area (Å²) >= 11 is 1.12. The zero-order valence-electron chi connectivity index (χ0n) is 13.6. The number of tetrazole rings is 1. The Morgan fingerprint density at radius 1 is 1.19 bits per heavy atom. The van der Waals surface area contributed by atoms with E-state index in [2.05, 4.69) is 25.6 Å². The number of hydrogen-bond donors (Lipinski definition) is 2. The Kier molecular flexibility index (Phi) is 5.81. The molecule has 27 heavy (non-hydrogen) atoms. The fourth-order valence-corrected chi connectivity index (χ4v) is 2.76. The van der Waals surface area contributed by atoms with Crippen LogP contribution in [0.2, 0.25) is 0 Å². The third kappa shape index (κ3) is 5.14. The number of rotatable bonds is 7. The Labute approximate surface area is 156 Å². The van der Waals surface area contributed by atoms with Gasteiger partial charge in [0.05, 0.1) is 11.4 Å². The van der Waals surface area contributed by atoms with Crippen LogP contribution in [0.4, 0.5) is 14.5 Å². The van der Waals surface area contributed by atoms with Crippen LogP contribution < -0.4 is 10.1 Å². The van der Waals surface area contributed by atoms with Crippen molar-refractivity contribution >= 4 is 23.4 Å². The highest BCUT2D eigenvalue weighted by molar-refractivity contribution is 7.99. The van der Waals surface area contributed by atoms with E-state index in [0.717, 1.165) is 11.8 Å². The fraction of sp³-hybridized carbons (Fsp3) is 0.125. The number of phenolic OH excluding ortho intramolecular Hbond substituents is 1. The molecule has 8 nitrogen and oxygen atoms in total. The lowest BCUT2D eigenvalue weighted by atomic mass is 10.3. The third-order valence-electron chi connectivity index (χ3n) is 3.23. The lowest BCUT2D eigenvalue weighted by Crippen LogP contribution is -2.14. The van der Waals surface area contributed by atoms with Crippen LogP contribution in [0.3, 0.4) is 0 Å². The quantitative estimate of drug-likeness (QED) is 0.595. The molecule has 2 N–H and O–H groups in total. The van der Waals surface area contributed by atoms with Gasteiger partial charge in [-0.25, -0.2) is 0 Å². The van der Waals surface area contributed by atoms with Gasteiger partial charge < -0.3 is 15.2 Å². The highest BCUT2D eigenvalue weighted by Crippen LogP contribution is 2.21. The van der Waals surface area contributed by atoms with Crippen LogP contribution in [0.1, 0.15) is 0 Å². The van der Waals surface area contributed by atoms with Crippen molar-refractivity contribution < 1.29 is 23.4 Å². The van der Waals surface area contributed by atoms with Crippen molar-refractivity contribution in [2.75, 3.05) is 11.1 Å². The van der Waals surface area contributed by atoms with Gasteiger partial charge in [0.25, 0.3) is 0 Å². The number of benzene rings is 2. The number of carbonyl (C=O) groups excluding carboxylic acids is 1. The highest BCUT2D eigenvalue weighted by atomic mass is 32.2. The summed E-state index contributed by atoms with van der Waals surface area (Å²) in [5, 5.41) is 23.7. The molecule has 0 bridgehead atoms. The topological polar surface area (TPSA) is 102 Å². The average molecular weight is 393 g/mol. The first-order valence-corrected chi connectivity index (χ1v) is 8.55. The van der Waals surface area contributed by atoms with Crippen LogP contribution in [0, 0.1) is 0 Å². The maximum Gasteiger partial charge on any atom is 0.387 e. The summed E-state index contributed by atoms with van der Waals surface area (Å²) in [6.07, 6.45) is 0. The number of anilines is 1. The van der Waals surface area contributed by atoms with E-state index in [-0.39, 0.29) is 23.2 Å². The number of ether oxygens (including phenoxy) is 1. The van der Waals surface area contributed by atoms with Crippen LogP contribution in [0.25, 0.3) is 5.69 Å². The van der Waals surface area contributed by atoms with Gasteiger partial charge in [0, 0.05) is 5.69 Å². The standard InChI is InChI=1S/C16H13F2N5O3S/c17-15(18)26-13-7-1-10(2-8-13)19-14(25)9-27-16-20-21-22-23(16)11-3-5-12(24)6-4-11/h1-8,15,24H,9H2,(H,19,25). The van der Waals surface area contributed by atoms with Gasteiger partial charge >= 0.3 is 6.61 Å². The SMILES string of the molecule is O=C(CSc1nnnn1-c1ccc(O)cc1)Nc1ccc(OC(F)F)cc1. The Bertz CT molecular complexity index is 903. The minimum Gasteiger partial charge on any atom is -0.508 e. The second-order valence-electron chi connectivity index (χ2n) is 5.13. The molecule has 0 saturated carbocycles.